The van der Waals surface area contributed by atoms with Crippen LogP contribution in [0.5, 0.6) is 0 Å². The van der Waals surface area contributed by atoms with Crippen molar-refractivity contribution >= 4 is 23.0 Å². The van der Waals surface area contributed by atoms with Gasteiger partial charge in [-0.25, -0.2) is 4.98 Å². The Morgan fingerprint density at radius 1 is 1.37 bits per heavy atom. The lowest BCUT2D eigenvalue weighted by Crippen LogP contribution is -2.22. The molecule has 0 aliphatic heterocycles. The maximum Gasteiger partial charge on any atom is 0.136 e. The molecule has 3 nitrogen and oxygen atoms in total. The van der Waals surface area contributed by atoms with Gasteiger partial charge in [0.25, 0.3) is 0 Å². The SMILES string of the molecule is CCC1CCC(CNc2ncccc2C(N)=S)CC1. The average molecular weight is 277 g/mol. The molecule has 4 heteroatoms. The summed E-state index contributed by atoms with van der Waals surface area (Å²) in [6.45, 7) is 3.27. The Bertz CT molecular complexity index is 425. The van der Waals surface area contributed by atoms with E-state index in [1.165, 1.54) is 32.1 Å². The topological polar surface area (TPSA) is 50.9 Å². The molecule has 1 aliphatic carbocycles. The van der Waals surface area contributed by atoms with Crippen molar-refractivity contribution in [3.8, 4) is 0 Å². The highest BCUT2D eigenvalue weighted by molar-refractivity contribution is 7.80. The summed E-state index contributed by atoms with van der Waals surface area (Å²) >= 11 is 5.05. The van der Waals surface area contributed by atoms with E-state index in [9.17, 15) is 0 Å². The summed E-state index contributed by atoms with van der Waals surface area (Å²) in [4.78, 5) is 4.74. The smallest absolute Gasteiger partial charge is 0.136 e. The number of anilines is 1. The molecule has 1 heterocycles. The minimum absolute atomic E-state index is 0.408. The number of nitrogens with one attached hydrogen (secondary N) is 1. The first-order chi connectivity index (χ1) is 9.20. The first-order valence-electron chi connectivity index (χ1n) is 7.19. The van der Waals surface area contributed by atoms with Gasteiger partial charge in [-0.3, -0.25) is 0 Å². The van der Waals surface area contributed by atoms with Crippen LogP contribution in [-0.4, -0.2) is 16.5 Å². The molecule has 2 rings (SSSR count). The molecule has 104 valence electrons. The highest BCUT2D eigenvalue weighted by Gasteiger charge is 2.20. The lowest BCUT2D eigenvalue weighted by Gasteiger charge is -2.28. The van der Waals surface area contributed by atoms with Crippen LogP contribution >= 0.6 is 12.2 Å². The summed E-state index contributed by atoms with van der Waals surface area (Å²) in [6.07, 6.45) is 8.48. The average Bonchev–Trinajstić information content (AvgIpc) is 2.46. The van der Waals surface area contributed by atoms with Crippen LogP contribution in [0.4, 0.5) is 5.82 Å². The maximum absolute atomic E-state index is 5.71. The van der Waals surface area contributed by atoms with Crippen molar-refractivity contribution < 1.29 is 0 Å². The third kappa shape index (κ3) is 3.90. The summed E-state index contributed by atoms with van der Waals surface area (Å²) in [7, 11) is 0. The molecule has 0 atom stereocenters. The van der Waals surface area contributed by atoms with E-state index in [-0.39, 0.29) is 0 Å². The standard InChI is InChI=1S/C15H23N3S/c1-2-11-5-7-12(8-6-11)10-18-15-13(14(16)19)4-3-9-17-15/h3-4,9,11-12H,2,5-8,10H2,1H3,(H2,16,19)(H,17,18). The predicted octanol–water partition coefficient (Wildman–Crippen LogP) is 3.34. The van der Waals surface area contributed by atoms with Gasteiger partial charge in [0, 0.05) is 12.7 Å². The van der Waals surface area contributed by atoms with Gasteiger partial charge in [-0.15, -0.1) is 0 Å². The van der Waals surface area contributed by atoms with Crippen molar-refractivity contribution in [1.29, 1.82) is 0 Å². The first kappa shape index (κ1) is 14.3. The molecule has 0 saturated heterocycles. The second-order valence-electron chi connectivity index (χ2n) is 5.44. The molecule has 1 saturated carbocycles. The van der Waals surface area contributed by atoms with E-state index >= 15 is 0 Å². The van der Waals surface area contributed by atoms with E-state index < -0.39 is 0 Å². The minimum Gasteiger partial charge on any atom is -0.389 e. The van der Waals surface area contributed by atoms with Crippen LogP contribution in [0.25, 0.3) is 0 Å². The van der Waals surface area contributed by atoms with Gasteiger partial charge in [0.2, 0.25) is 0 Å². The molecule has 0 spiro atoms. The third-order valence-corrected chi connectivity index (χ3v) is 4.39. The Kier molecular flexibility index (Phi) is 5.14. The fraction of sp³-hybridized carbons (Fsp3) is 0.600. The molecule has 19 heavy (non-hydrogen) atoms. The Balaban J connectivity index is 1.88. The van der Waals surface area contributed by atoms with Gasteiger partial charge >= 0.3 is 0 Å². The highest BCUT2D eigenvalue weighted by atomic mass is 32.1. The van der Waals surface area contributed by atoms with Gasteiger partial charge in [0.05, 0.1) is 5.56 Å². The largest absolute Gasteiger partial charge is 0.389 e. The summed E-state index contributed by atoms with van der Waals surface area (Å²) in [6, 6.07) is 3.79. The summed E-state index contributed by atoms with van der Waals surface area (Å²) in [5.74, 6) is 2.52. The molecule has 3 N–H and O–H groups in total. The van der Waals surface area contributed by atoms with Crippen LogP contribution in [0.3, 0.4) is 0 Å². The van der Waals surface area contributed by atoms with Crippen molar-refractivity contribution in [3.05, 3.63) is 23.9 Å². The molecule has 0 unspecified atom stereocenters. The second-order valence-corrected chi connectivity index (χ2v) is 5.88. The molecule has 1 aliphatic rings. The van der Waals surface area contributed by atoms with E-state index in [0.717, 1.165) is 29.8 Å². The van der Waals surface area contributed by atoms with E-state index in [0.29, 0.717) is 4.99 Å². The van der Waals surface area contributed by atoms with Crippen molar-refractivity contribution in [2.45, 2.75) is 39.0 Å². The van der Waals surface area contributed by atoms with Crippen molar-refractivity contribution in [1.82, 2.24) is 4.98 Å². The van der Waals surface area contributed by atoms with Crippen LogP contribution in [0, 0.1) is 11.8 Å². The van der Waals surface area contributed by atoms with Gasteiger partial charge < -0.3 is 11.1 Å². The highest BCUT2D eigenvalue weighted by Crippen LogP contribution is 2.30. The van der Waals surface area contributed by atoms with Gasteiger partial charge in [0.1, 0.15) is 10.8 Å². The number of pyridine rings is 1. The van der Waals surface area contributed by atoms with Gasteiger partial charge in [0.15, 0.2) is 0 Å². The summed E-state index contributed by atoms with van der Waals surface area (Å²) in [5.41, 5.74) is 6.56. The van der Waals surface area contributed by atoms with Crippen LogP contribution in [0.2, 0.25) is 0 Å². The molecular weight excluding hydrogens is 254 g/mol. The van der Waals surface area contributed by atoms with E-state index in [2.05, 4.69) is 17.2 Å². The van der Waals surface area contributed by atoms with Gasteiger partial charge in [-0.2, -0.15) is 0 Å². The number of aromatic nitrogens is 1. The van der Waals surface area contributed by atoms with Crippen molar-refractivity contribution in [2.24, 2.45) is 17.6 Å². The molecule has 1 aromatic rings. The van der Waals surface area contributed by atoms with Crippen LogP contribution in [0.1, 0.15) is 44.6 Å². The van der Waals surface area contributed by atoms with Gasteiger partial charge in [-0.1, -0.05) is 38.4 Å². The number of hydrogen-bond donors (Lipinski definition) is 2. The molecule has 1 aromatic heterocycles. The van der Waals surface area contributed by atoms with Crippen LogP contribution in [-0.2, 0) is 0 Å². The number of thiocarbonyl (C=S) groups is 1. The monoisotopic (exact) mass is 277 g/mol. The first-order valence-corrected chi connectivity index (χ1v) is 7.60. The normalized spacial score (nSPS) is 23.0. The second kappa shape index (κ2) is 6.85. The molecule has 0 bridgehead atoms. The van der Waals surface area contributed by atoms with E-state index in [1.807, 2.05) is 12.1 Å². The fourth-order valence-electron chi connectivity index (χ4n) is 2.83. The third-order valence-electron chi connectivity index (χ3n) is 4.18. The number of hydrogen-bond acceptors (Lipinski definition) is 3. The Hall–Kier alpha value is -1.16. The van der Waals surface area contributed by atoms with Crippen molar-refractivity contribution in [2.75, 3.05) is 11.9 Å². The Labute approximate surface area is 121 Å². The minimum atomic E-state index is 0.408. The number of rotatable bonds is 5. The van der Waals surface area contributed by atoms with Crippen molar-refractivity contribution in [3.63, 3.8) is 0 Å². The lowest BCUT2D eigenvalue weighted by molar-refractivity contribution is 0.278. The zero-order valence-corrected chi connectivity index (χ0v) is 12.4. The van der Waals surface area contributed by atoms with E-state index in [4.69, 9.17) is 18.0 Å². The predicted molar refractivity (Wildman–Crippen MR) is 84.4 cm³/mol. The van der Waals surface area contributed by atoms with Crippen LogP contribution < -0.4 is 11.1 Å². The maximum atomic E-state index is 5.71. The molecule has 0 amide bonds. The Morgan fingerprint density at radius 2 is 2.05 bits per heavy atom. The summed E-state index contributed by atoms with van der Waals surface area (Å²) in [5, 5.41) is 3.42. The van der Waals surface area contributed by atoms with Crippen LogP contribution in [0.15, 0.2) is 18.3 Å². The molecule has 0 aromatic carbocycles. The zero-order valence-electron chi connectivity index (χ0n) is 11.6. The molecule has 0 radical (unpaired) electrons. The van der Waals surface area contributed by atoms with Gasteiger partial charge in [-0.05, 0) is 36.8 Å². The van der Waals surface area contributed by atoms with E-state index in [1.54, 1.807) is 6.20 Å². The number of nitrogens with zero attached hydrogens (tertiary/aromatic N) is 1. The molecule has 1 fully saturated rings. The fourth-order valence-corrected chi connectivity index (χ4v) is 2.99. The zero-order chi connectivity index (χ0) is 13.7. The number of nitrogens with two attached hydrogens (primary N) is 1. The molecular formula is C15H23N3S. The Morgan fingerprint density at radius 3 is 2.68 bits per heavy atom. The summed E-state index contributed by atoms with van der Waals surface area (Å²) < 4.78 is 0. The lowest BCUT2D eigenvalue weighted by atomic mass is 9.81. The quantitative estimate of drug-likeness (QED) is 0.810.